The molecular formula is C9H10O3. The smallest absolute Gasteiger partial charge is 0.308 e. The van der Waals surface area contributed by atoms with Gasteiger partial charge in [0.2, 0.25) is 0 Å². The molecule has 0 saturated carbocycles. The third kappa shape index (κ3) is 1.75. The SMILES string of the molecule is CC(=O)Oc1cccc(O)c1C. The van der Waals surface area contributed by atoms with Crippen molar-refractivity contribution in [3.05, 3.63) is 23.8 Å². The normalized spacial score (nSPS) is 9.50. The van der Waals surface area contributed by atoms with Crippen LogP contribution in [-0.4, -0.2) is 11.1 Å². The zero-order chi connectivity index (χ0) is 9.14. The Labute approximate surface area is 70.6 Å². The number of ether oxygens (including phenoxy) is 1. The summed E-state index contributed by atoms with van der Waals surface area (Å²) >= 11 is 0. The Morgan fingerprint density at radius 1 is 1.50 bits per heavy atom. The summed E-state index contributed by atoms with van der Waals surface area (Å²) in [6, 6.07) is 4.80. The van der Waals surface area contributed by atoms with Crippen LogP contribution in [0, 0.1) is 6.92 Å². The summed E-state index contributed by atoms with van der Waals surface area (Å²) in [6.07, 6.45) is 0. The predicted octanol–water partition coefficient (Wildman–Crippen LogP) is 1.63. The Balaban J connectivity index is 3.00. The van der Waals surface area contributed by atoms with Crippen molar-refractivity contribution in [1.82, 2.24) is 0 Å². The highest BCUT2D eigenvalue weighted by Gasteiger charge is 2.04. The highest BCUT2D eigenvalue weighted by Crippen LogP contribution is 2.25. The van der Waals surface area contributed by atoms with Gasteiger partial charge in [0, 0.05) is 12.5 Å². The monoisotopic (exact) mass is 166 g/mol. The molecule has 0 aliphatic heterocycles. The number of phenols is 1. The number of aromatic hydroxyl groups is 1. The largest absolute Gasteiger partial charge is 0.508 e. The van der Waals surface area contributed by atoms with Crippen LogP contribution in [0.1, 0.15) is 12.5 Å². The van der Waals surface area contributed by atoms with Gasteiger partial charge in [0.1, 0.15) is 11.5 Å². The van der Waals surface area contributed by atoms with Crippen LogP contribution in [0.4, 0.5) is 0 Å². The molecular weight excluding hydrogens is 156 g/mol. The maximum absolute atomic E-state index is 10.6. The number of hydrogen-bond donors (Lipinski definition) is 1. The van der Waals surface area contributed by atoms with Crippen LogP contribution in [0.5, 0.6) is 11.5 Å². The van der Waals surface area contributed by atoms with Crippen molar-refractivity contribution in [2.45, 2.75) is 13.8 Å². The lowest BCUT2D eigenvalue weighted by Crippen LogP contribution is -2.02. The Hall–Kier alpha value is -1.51. The number of carbonyl (C=O) groups is 1. The van der Waals surface area contributed by atoms with Crippen LogP contribution in [-0.2, 0) is 4.79 Å². The van der Waals surface area contributed by atoms with Gasteiger partial charge in [-0.25, -0.2) is 0 Å². The molecule has 64 valence electrons. The van der Waals surface area contributed by atoms with E-state index in [4.69, 9.17) is 4.74 Å². The van der Waals surface area contributed by atoms with E-state index >= 15 is 0 Å². The standard InChI is InChI=1S/C9H10O3/c1-6-8(11)4-3-5-9(6)12-7(2)10/h3-5,11H,1-2H3. The maximum atomic E-state index is 10.6. The average molecular weight is 166 g/mol. The van der Waals surface area contributed by atoms with Gasteiger partial charge in [-0.2, -0.15) is 0 Å². The first kappa shape index (κ1) is 8.59. The van der Waals surface area contributed by atoms with E-state index in [1.165, 1.54) is 6.92 Å². The summed E-state index contributed by atoms with van der Waals surface area (Å²) in [5.41, 5.74) is 0.577. The summed E-state index contributed by atoms with van der Waals surface area (Å²) in [6.45, 7) is 3.01. The van der Waals surface area contributed by atoms with E-state index < -0.39 is 0 Å². The summed E-state index contributed by atoms with van der Waals surface area (Å²) in [5, 5.41) is 9.22. The Morgan fingerprint density at radius 2 is 2.17 bits per heavy atom. The third-order valence-electron chi connectivity index (χ3n) is 1.51. The number of hydrogen-bond acceptors (Lipinski definition) is 3. The molecule has 1 aromatic carbocycles. The molecule has 0 radical (unpaired) electrons. The molecule has 0 amide bonds. The fourth-order valence-electron chi connectivity index (χ4n) is 0.868. The van der Waals surface area contributed by atoms with Gasteiger partial charge in [0.15, 0.2) is 0 Å². The van der Waals surface area contributed by atoms with Crippen LogP contribution < -0.4 is 4.74 Å². The Kier molecular flexibility index (Phi) is 2.33. The maximum Gasteiger partial charge on any atom is 0.308 e. The Bertz CT molecular complexity index is 305. The van der Waals surface area contributed by atoms with Gasteiger partial charge >= 0.3 is 5.97 Å². The number of carbonyl (C=O) groups excluding carboxylic acids is 1. The van der Waals surface area contributed by atoms with Crippen LogP contribution in [0.2, 0.25) is 0 Å². The molecule has 0 spiro atoms. The van der Waals surface area contributed by atoms with Crippen LogP contribution in [0.15, 0.2) is 18.2 Å². The molecule has 0 heterocycles. The fourth-order valence-corrected chi connectivity index (χ4v) is 0.868. The molecule has 0 unspecified atom stereocenters. The first-order valence-corrected chi connectivity index (χ1v) is 3.58. The van der Waals surface area contributed by atoms with Gasteiger partial charge in [0.05, 0.1) is 0 Å². The molecule has 12 heavy (non-hydrogen) atoms. The molecule has 0 aliphatic carbocycles. The molecule has 1 rings (SSSR count). The highest BCUT2D eigenvalue weighted by atomic mass is 16.5. The molecule has 0 saturated heterocycles. The molecule has 1 aromatic rings. The minimum atomic E-state index is -0.385. The van der Waals surface area contributed by atoms with Gasteiger partial charge in [-0.3, -0.25) is 4.79 Å². The third-order valence-corrected chi connectivity index (χ3v) is 1.51. The second-order valence-electron chi connectivity index (χ2n) is 2.49. The van der Waals surface area contributed by atoms with Crippen molar-refractivity contribution in [2.24, 2.45) is 0 Å². The van der Waals surface area contributed by atoms with Crippen molar-refractivity contribution < 1.29 is 14.6 Å². The molecule has 0 aromatic heterocycles. The minimum absolute atomic E-state index is 0.133. The van der Waals surface area contributed by atoms with E-state index in [1.807, 2.05) is 0 Å². The number of phenolic OH excluding ortho intramolecular Hbond substituents is 1. The van der Waals surface area contributed by atoms with E-state index in [0.717, 1.165) is 0 Å². The first-order valence-electron chi connectivity index (χ1n) is 3.58. The lowest BCUT2D eigenvalue weighted by Gasteiger charge is -2.05. The summed E-state index contributed by atoms with van der Waals surface area (Å²) in [4.78, 5) is 10.6. The highest BCUT2D eigenvalue weighted by molar-refractivity contribution is 5.70. The van der Waals surface area contributed by atoms with E-state index in [9.17, 15) is 9.90 Å². The topological polar surface area (TPSA) is 46.5 Å². The summed E-state index contributed by atoms with van der Waals surface area (Å²) in [7, 11) is 0. The molecule has 0 bridgehead atoms. The zero-order valence-electron chi connectivity index (χ0n) is 7.00. The summed E-state index contributed by atoms with van der Waals surface area (Å²) in [5.74, 6) is 0.153. The molecule has 0 aliphatic rings. The van der Waals surface area contributed by atoms with Crippen molar-refractivity contribution in [3.63, 3.8) is 0 Å². The van der Waals surface area contributed by atoms with Crippen molar-refractivity contribution in [3.8, 4) is 11.5 Å². The van der Waals surface area contributed by atoms with Crippen LogP contribution >= 0.6 is 0 Å². The Morgan fingerprint density at radius 3 is 2.75 bits per heavy atom. The number of rotatable bonds is 1. The fraction of sp³-hybridized carbons (Fsp3) is 0.222. The first-order chi connectivity index (χ1) is 5.61. The minimum Gasteiger partial charge on any atom is -0.508 e. The van der Waals surface area contributed by atoms with E-state index in [-0.39, 0.29) is 11.7 Å². The second-order valence-corrected chi connectivity index (χ2v) is 2.49. The van der Waals surface area contributed by atoms with E-state index in [2.05, 4.69) is 0 Å². The van der Waals surface area contributed by atoms with Gasteiger partial charge in [-0.1, -0.05) is 6.07 Å². The lowest BCUT2D eigenvalue weighted by molar-refractivity contribution is -0.131. The summed E-state index contributed by atoms with van der Waals surface area (Å²) < 4.78 is 4.83. The van der Waals surface area contributed by atoms with Gasteiger partial charge < -0.3 is 9.84 Å². The quantitative estimate of drug-likeness (QED) is 0.509. The molecule has 0 fully saturated rings. The van der Waals surface area contributed by atoms with Gasteiger partial charge in [-0.15, -0.1) is 0 Å². The van der Waals surface area contributed by atoms with Crippen LogP contribution in [0.3, 0.4) is 0 Å². The average Bonchev–Trinajstić information content (AvgIpc) is 1.98. The van der Waals surface area contributed by atoms with Gasteiger partial charge in [0.25, 0.3) is 0 Å². The van der Waals surface area contributed by atoms with E-state index in [0.29, 0.717) is 11.3 Å². The van der Waals surface area contributed by atoms with E-state index in [1.54, 1.807) is 25.1 Å². The number of benzene rings is 1. The van der Waals surface area contributed by atoms with Crippen molar-refractivity contribution in [1.29, 1.82) is 0 Å². The van der Waals surface area contributed by atoms with Crippen LogP contribution in [0.25, 0.3) is 0 Å². The molecule has 1 N–H and O–H groups in total. The van der Waals surface area contributed by atoms with Crippen molar-refractivity contribution >= 4 is 5.97 Å². The molecule has 0 atom stereocenters. The van der Waals surface area contributed by atoms with Gasteiger partial charge in [-0.05, 0) is 19.1 Å². The lowest BCUT2D eigenvalue weighted by atomic mass is 10.2. The molecule has 3 nitrogen and oxygen atoms in total. The van der Waals surface area contributed by atoms with Crippen molar-refractivity contribution in [2.75, 3.05) is 0 Å². The number of esters is 1. The second kappa shape index (κ2) is 3.26. The zero-order valence-corrected chi connectivity index (χ0v) is 7.00. The molecule has 3 heteroatoms. The predicted molar refractivity (Wildman–Crippen MR) is 44.2 cm³/mol.